The normalized spacial score (nSPS) is 14.2. The van der Waals surface area contributed by atoms with E-state index < -0.39 is 0 Å². The standard InChI is InChI=1S/C29H29N5/c1-2-15-33-16-18-34(19-17-33)27-11-9-26(10-12-27)32-29-28-20-25(8-7-24(28)13-14-31-29)23-5-3-22(21-30)4-6-23/h3-14,20H,2,15-19H2,1H3,(H,31,32). The first-order chi connectivity index (χ1) is 16.7. The van der Waals surface area contributed by atoms with Crippen LogP contribution in [0.25, 0.3) is 21.9 Å². The molecule has 1 fully saturated rings. The SMILES string of the molecule is CCCN1CCN(c2ccc(Nc3nccc4ccc(-c5ccc(C#N)cc5)cc34)cc2)CC1. The van der Waals surface area contributed by atoms with Crippen LogP contribution in [0.3, 0.4) is 0 Å². The third-order valence-electron chi connectivity index (χ3n) is 6.52. The fourth-order valence-electron chi connectivity index (χ4n) is 4.62. The summed E-state index contributed by atoms with van der Waals surface area (Å²) in [6, 6.07) is 27.0. The van der Waals surface area contributed by atoms with E-state index in [1.54, 1.807) is 0 Å². The highest BCUT2D eigenvalue weighted by Gasteiger charge is 2.16. The minimum absolute atomic E-state index is 0.667. The number of hydrogen-bond acceptors (Lipinski definition) is 5. The Balaban J connectivity index is 1.34. The third kappa shape index (κ3) is 4.73. The molecule has 2 heterocycles. The zero-order valence-corrected chi connectivity index (χ0v) is 19.5. The van der Waals surface area contributed by atoms with Crippen molar-refractivity contribution < 1.29 is 0 Å². The van der Waals surface area contributed by atoms with Crippen LogP contribution in [0.15, 0.2) is 79.0 Å². The van der Waals surface area contributed by atoms with E-state index in [1.807, 2.05) is 36.5 Å². The fraction of sp³-hybridized carbons (Fsp3) is 0.241. The number of anilines is 3. The lowest BCUT2D eigenvalue weighted by Gasteiger charge is -2.36. The third-order valence-corrected chi connectivity index (χ3v) is 6.52. The monoisotopic (exact) mass is 447 g/mol. The second kappa shape index (κ2) is 9.94. The van der Waals surface area contributed by atoms with E-state index in [9.17, 15) is 0 Å². The van der Waals surface area contributed by atoms with E-state index in [-0.39, 0.29) is 0 Å². The van der Waals surface area contributed by atoms with Gasteiger partial charge in [-0.1, -0.05) is 31.2 Å². The summed E-state index contributed by atoms with van der Waals surface area (Å²) < 4.78 is 0. The molecule has 5 nitrogen and oxygen atoms in total. The maximum Gasteiger partial charge on any atom is 0.138 e. The predicted molar refractivity (Wildman–Crippen MR) is 141 cm³/mol. The first-order valence-corrected chi connectivity index (χ1v) is 12.0. The Kier molecular flexibility index (Phi) is 6.42. The van der Waals surface area contributed by atoms with Gasteiger partial charge in [-0.15, -0.1) is 0 Å². The van der Waals surface area contributed by atoms with Gasteiger partial charge in [0, 0.05) is 49.1 Å². The molecule has 0 bridgehead atoms. The summed E-state index contributed by atoms with van der Waals surface area (Å²) >= 11 is 0. The second-order valence-corrected chi connectivity index (χ2v) is 8.79. The molecule has 1 N–H and O–H groups in total. The van der Waals surface area contributed by atoms with E-state index in [2.05, 4.69) is 75.6 Å². The quantitative estimate of drug-likeness (QED) is 0.390. The minimum atomic E-state index is 0.667. The molecule has 0 amide bonds. The topological polar surface area (TPSA) is 55.2 Å². The summed E-state index contributed by atoms with van der Waals surface area (Å²) in [5, 5.41) is 14.8. The van der Waals surface area contributed by atoms with E-state index in [0.717, 1.165) is 59.6 Å². The lowest BCUT2D eigenvalue weighted by Crippen LogP contribution is -2.46. The molecule has 0 spiro atoms. The smallest absolute Gasteiger partial charge is 0.138 e. The van der Waals surface area contributed by atoms with Crippen molar-refractivity contribution in [3.63, 3.8) is 0 Å². The van der Waals surface area contributed by atoms with Gasteiger partial charge in [0.2, 0.25) is 0 Å². The van der Waals surface area contributed by atoms with Crippen molar-refractivity contribution in [2.75, 3.05) is 42.9 Å². The van der Waals surface area contributed by atoms with Gasteiger partial charge in [-0.05, 0) is 78.0 Å². The number of fused-ring (bicyclic) bond motifs is 1. The number of nitrogens with zero attached hydrogens (tertiary/aromatic N) is 4. The van der Waals surface area contributed by atoms with Crippen molar-refractivity contribution in [2.24, 2.45) is 0 Å². The highest BCUT2D eigenvalue weighted by Crippen LogP contribution is 2.30. The molecule has 1 saturated heterocycles. The van der Waals surface area contributed by atoms with E-state index in [1.165, 1.54) is 18.7 Å². The molecule has 5 rings (SSSR count). The van der Waals surface area contributed by atoms with Crippen molar-refractivity contribution >= 4 is 28.0 Å². The second-order valence-electron chi connectivity index (χ2n) is 8.79. The zero-order chi connectivity index (χ0) is 23.3. The van der Waals surface area contributed by atoms with E-state index in [0.29, 0.717) is 5.56 Å². The number of pyridine rings is 1. The summed E-state index contributed by atoms with van der Waals surface area (Å²) in [6.45, 7) is 7.87. The summed E-state index contributed by atoms with van der Waals surface area (Å²) in [6.07, 6.45) is 3.06. The molecule has 5 heteroatoms. The maximum absolute atomic E-state index is 9.07. The Morgan fingerprint density at radius 3 is 2.32 bits per heavy atom. The molecule has 0 atom stereocenters. The first-order valence-electron chi connectivity index (χ1n) is 12.0. The molecule has 170 valence electrons. The number of rotatable bonds is 6. The highest BCUT2D eigenvalue weighted by molar-refractivity contribution is 5.96. The van der Waals surface area contributed by atoms with Crippen molar-refractivity contribution in [3.05, 3.63) is 84.6 Å². The molecule has 3 aromatic carbocycles. The highest BCUT2D eigenvalue weighted by atomic mass is 15.3. The van der Waals surface area contributed by atoms with Crippen LogP contribution in [0.1, 0.15) is 18.9 Å². The molecule has 34 heavy (non-hydrogen) atoms. The maximum atomic E-state index is 9.07. The Labute approximate surface area is 201 Å². The fourth-order valence-corrected chi connectivity index (χ4v) is 4.62. The van der Waals surface area contributed by atoms with Gasteiger partial charge in [0.05, 0.1) is 11.6 Å². The molecule has 1 aromatic heterocycles. The largest absolute Gasteiger partial charge is 0.369 e. The molecular weight excluding hydrogens is 418 g/mol. The average Bonchev–Trinajstić information content (AvgIpc) is 2.90. The summed E-state index contributed by atoms with van der Waals surface area (Å²) in [5.41, 5.74) is 5.15. The molecule has 0 unspecified atom stereocenters. The summed E-state index contributed by atoms with van der Waals surface area (Å²) in [4.78, 5) is 9.65. The number of benzene rings is 3. The number of piperazine rings is 1. The van der Waals surface area contributed by atoms with Crippen LogP contribution >= 0.6 is 0 Å². The van der Waals surface area contributed by atoms with Crippen LogP contribution in [0.2, 0.25) is 0 Å². The van der Waals surface area contributed by atoms with Crippen LogP contribution in [0, 0.1) is 11.3 Å². The van der Waals surface area contributed by atoms with Gasteiger partial charge in [-0.2, -0.15) is 5.26 Å². The van der Waals surface area contributed by atoms with Crippen LogP contribution in [0.5, 0.6) is 0 Å². The van der Waals surface area contributed by atoms with E-state index >= 15 is 0 Å². The van der Waals surface area contributed by atoms with Crippen molar-refractivity contribution in [3.8, 4) is 17.2 Å². The zero-order valence-electron chi connectivity index (χ0n) is 19.5. The number of aromatic nitrogens is 1. The molecule has 0 aliphatic carbocycles. The molecule has 0 saturated carbocycles. The van der Waals surface area contributed by atoms with Gasteiger partial charge in [-0.3, -0.25) is 4.90 Å². The molecule has 4 aromatic rings. The van der Waals surface area contributed by atoms with Gasteiger partial charge >= 0.3 is 0 Å². The Bertz CT molecular complexity index is 1300. The van der Waals surface area contributed by atoms with E-state index in [4.69, 9.17) is 5.26 Å². The van der Waals surface area contributed by atoms with Gasteiger partial charge in [0.1, 0.15) is 5.82 Å². The first kappa shape index (κ1) is 21.9. The Morgan fingerprint density at radius 1 is 0.882 bits per heavy atom. The van der Waals surface area contributed by atoms with Gasteiger partial charge in [-0.25, -0.2) is 4.98 Å². The number of nitrogens with one attached hydrogen (secondary N) is 1. The van der Waals surface area contributed by atoms with Crippen LogP contribution in [0.4, 0.5) is 17.2 Å². The van der Waals surface area contributed by atoms with Crippen molar-refractivity contribution in [2.45, 2.75) is 13.3 Å². The van der Waals surface area contributed by atoms with Gasteiger partial charge in [0.15, 0.2) is 0 Å². The van der Waals surface area contributed by atoms with Crippen LogP contribution in [-0.2, 0) is 0 Å². The van der Waals surface area contributed by atoms with Gasteiger partial charge < -0.3 is 10.2 Å². The van der Waals surface area contributed by atoms with Crippen molar-refractivity contribution in [1.82, 2.24) is 9.88 Å². The molecule has 0 radical (unpaired) electrons. The Morgan fingerprint density at radius 2 is 1.62 bits per heavy atom. The number of hydrogen-bond donors (Lipinski definition) is 1. The molecule has 1 aliphatic rings. The predicted octanol–water partition coefficient (Wildman–Crippen LogP) is 6.05. The lowest BCUT2D eigenvalue weighted by atomic mass is 10.0. The lowest BCUT2D eigenvalue weighted by molar-refractivity contribution is 0.258. The van der Waals surface area contributed by atoms with Crippen LogP contribution < -0.4 is 10.2 Å². The van der Waals surface area contributed by atoms with Gasteiger partial charge in [0.25, 0.3) is 0 Å². The van der Waals surface area contributed by atoms with Crippen LogP contribution in [-0.4, -0.2) is 42.6 Å². The van der Waals surface area contributed by atoms with Crippen molar-refractivity contribution in [1.29, 1.82) is 5.26 Å². The average molecular weight is 448 g/mol. The minimum Gasteiger partial charge on any atom is -0.369 e. The molecular formula is C29H29N5. The molecule has 1 aliphatic heterocycles. The summed E-state index contributed by atoms with van der Waals surface area (Å²) in [7, 11) is 0. The summed E-state index contributed by atoms with van der Waals surface area (Å²) in [5.74, 6) is 0.842. The Hall–Kier alpha value is -3.88. The number of nitriles is 1.